The zero-order valence-corrected chi connectivity index (χ0v) is 9.59. The summed E-state index contributed by atoms with van der Waals surface area (Å²) < 4.78 is 0. The third kappa shape index (κ3) is 2.18. The lowest BCUT2D eigenvalue weighted by atomic mass is 10.1. The van der Waals surface area contributed by atoms with Crippen LogP contribution < -0.4 is 5.73 Å². The summed E-state index contributed by atoms with van der Waals surface area (Å²) in [5.74, 6) is 0.518. The first kappa shape index (κ1) is 10.6. The molecule has 4 nitrogen and oxygen atoms in total. The number of amides is 1. The molecule has 2 N–H and O–H groups in total. The predicted molar refractivity (Wildman–Crippen MR) is 59.9 cm³/mol. The Bertz CT molecular complexity index is 363. The van der Waals surface area contributed by atoms with Gasteiger partial charge in [-0.1, -0.05) is 0 Å². The number of hydrogen-bond acceptors (Lipinski definition) is 4. The lowest BCUT2D eigenvalue weighted by Gasteiger charge is -2.14. The van der Waals surface area contributed by atoms with E-state index in [1.54, 1.807) is 0 Å². The van der Waals surface area contributed by atoms with Gasteiger partial charge in [-0.25, -0.2) is 4.98 Å². The van der Waals surface area contributed by atoms with Gasteiger partial charge in [0.05, 0.1) is 5.01 Å². The van der Waals surface area contributed by atoms with Crippen molar-refractivity contribution in [1.29, 1.82) is 0 Å². The monoisotopic (exact) mass is 225 g/mol. The standard InChI is InChI=1S/C10H15N3OS/c1-7-12-9(6-15-7)10(14)13-3-2-8(4-11)5-13/h6,8H,2-5,11H2,1H3. The molecule has 0 aliphatic carbocycles. The molecule has 1 unspecified atom stereocenters. The molecule has 1 aliphatic rings. The third-order valence-electron chi connectivity index (χ3n) is 2.74. The van der Waals surface area contributed by atoms with E-state index in [4.69, 9.17) is 5.73 Å². The van der Waals surface area contributed by atoms with E-state index in [2.05, 4.69) is 4.98 Å². The highest BCUT2D eigenvalue weighted by molar-refractivity contribution is 7.09. The van der Waals surface area contributed by atoms with Gasteiger partial charge in [-0.05, 0) is 25.8 Å². The van der Waals surface area contributed by atoms with Crippen LogP contribution in [0, 0.1) is 12.8 Å². The Hall–Kier alpha value is -0.940. The van der Waals surface area contributed by atoms with Crippen LogP contribution in [0.25, 0.3) is 0 Å². The van der Waals surface area contributed by atoms with E-state index < -0.39 is 0 Å². The van der Waals surface area contributed by atoms with E-state index in [1.165, 1.54) is 11.3 Å². The molecular weight excluding hydrogens is 210 g/mol. The number of rotatable bonds is 2. The maximum absolute atomic E-state index is 12.0. The minimum atomic E-state index is 0.0512. The summed E-state index contributed by atoms with van der Waals surface area (Å²) in [4.78, 5) is 18.0. The average Bonchev–Trinajstić information content (AvgIpc) is 2.84. The van der Waals surface area contributed by atoms with Crippen molar-refractivity contribution in [1.82, 2.24) is 9.88 Å². The topological polar surface area (TPSA) is 59.2 Å². The summed E-state index contributed by atoms with van der Waals surface area (Å²) in [5, 5.41) is 2.76. The normalized spacial score (nSPS) is 20.9. The highest BCUT2D eigenvalue weighted by Crippen LogP contribution is 2.18. The second-order valence-corrected chi connectivity index (χ2v) is 4.96. The van der Waals surface area contributed by atoms with Crippen LogP contribution in [-0.2, 0) is 0 Å². The molecule has 82 valence electrons. The fourth-order valence-electron chi connectivity index (χ4n) is 1.83. The molecule has 0 saturated carbocycles. The number of nitrogens with zero attached hydrogens (tertiary/aromatic N) is 2. The molecule has 1 fully saturated rings. The molecule has 1 aromatic rings. The molecule has 5 heteroatoms. The summed E-state index contributed by atoms with van der Waals surface area (Å²) in [6, 6.07) is 0. The molecule has 0 aromatic carbocycles. The highest BCUT2D eigenvalue weighted by atomic mass is 32.1. The van der Waals surface area contributed by atoms with Crippen LogP contribution in [0.2, 0.25) is 0 Å². The fourth-order valence-corrected chi connectivity index (χ4v) is 2.42. The van der Waals surface area contributed by atoms with Gasteiger partial charge in [0.15, 0.2) is 0 Å². The number of hydrogen-bond donors (Lipinski definition) is 1. The summed E-state index contributed by atoms with van der Waals surface area (Å²) in [5.41, 5.74) is 6.17. The number of thiazole rings is 1. The van der Waals surface area contributed by atoms with Crippen LogP contribution in [0.5, 0.6) is 0 Å². The lowest BCUT2D eigenvalue weighted by Crippen LogP contribution is -2.30. The van der Waals surface area contributed by atoms with Gasteiger partial charge in [0.1, 0.15) is 5.69 Å². The molecule has 0 radical (unpaired) electrons. The molecule has 1 atom stereocenters. The smallest absolute Gasteiger partial charge is 0.273 e. The SMILES string of the molecule is Cc1nc(C(=O)N2CCC(CN)C2)cs1. The lowest BCUT2D eigenvalue weighted by molar-refractivity contribution is 0.0782. The van der Waals surface area contributed by atoms with E-state index in [9.17, 15) is 4.79 Å². The summed E-state index contributed by atoms with van der Waals surface area (Å²) in [7, 11) is 0. The maximum Gasteiger partial charge on any atom is 0.273 e. The molecule has 15 heavy (non-hydrogen) atoms. The molecule has 0 bridgehead atoms. The van der Waals surface area contributed by atoms with Crippen molar-refractivity contribution in [2.75, 3.05) is 19.6 Å². The van der Waals surface area contributed by atoms with E-state index in [0.717, 1.165) is 24.5 Å². The van der Waals surface area contributed by atoms with E-state index in [-0.39, 0.29) is 5.91 Å². The number of likely N-dealkylation sites (tertiary alicyclic amines) is 1. The first-order valence-corrected chi connectivity index (χ1v) is 6.00. The Labute approximate surface area is 93.1 Å². The first-order valence-electron chi connectivity index (χ1n) is 5.12. The van der Waals surface area contributed by atoms with Gasteiger partial charge in [0, 0.05) is 18.5 Å². The molecule has 2 rings (SSSR count). The molecule has 0 spiro atoms. The van der Waals surface area contributed by atoms with Gasteiger partial charge in [0.2, 0.25) is 0 Å². The van der Waals surface area contributed by atoms with E-state index in [0.29, 0.717) is 18.2 Å². The molecule has 1 aliphatic heterocycles. The van der Waals surface area contributed by atoms with Gasteiger partial charge in [-0.2, -0.15) is 0 Å². The van der Waals surface area contributed by atoms with Gasteiger partial charge in [0.25, 0.3) is 5.91 Å². The molecule has 2 heterocycles. The second-order valence-electron chi connectivity index (χ2n) is 3.89. The number of aryl methyl sites for hydroxylation is 1. The molecule has 1 amide bonds. The Kier molecular flexibility index (Phi) is 3.02. The third-order valence-corrected chi connectivity index (χ3v) is 3.52. The van der Waals surface area contributed by atoms with Gasteiger partial charge in [-0.3, -0.25) is 4.79 Å². The first-order chi connectivity index (χ1) is 7.20. The number of aromatic nitrogens is 1. The Morgan fingerprint density at radius 3 is 3.13 bits per heavy atom. The largest absolute Gasteiger partial charge is 0.337 e. The average molecular weight is 225 g/mol. The Morgan fingerprint density at radius 2 is 2.60 bits per heavy atom. The van der Waals surface area contributed by atoms with Crippen molar-refractivity contribution in [2.24, 2.45) is 11.7 Å². The van der Waals surface area contributed by atoms with Crippen LogP contribution in [-0.4, -0.2) is 35.4 Å². The number of carbonyl (C=O) groups is 1. The maximum atomic E-state index is 12.0. The van der Waals surface area contributed by atoms with Gasteiger partial charge >= 0.3 is 0 Å². The van der Waals surface area contributed by atoms with Crippen LogP contribution in [0.4, 0.5) is 0 Å². The minimum Gasteiger partial charge on any atom is -0.337 e. The van der Waals surface area contributed by atoms with E-state index >= 15 is 0 Å². The minimum absolute atomic E-state index is 0.0512. The van der Waals surface area contributed by atoms with Crippen molar-refractivity contribution in [2.45, 2.75) is 13.3 Å². The van der Waals surface area contributed by atoms with E-state index in [1.807, 2.05) is 17.2 Å². The van der Waals surface area contributed by atoms with Crippen LogP contribution in [0.15, 0.2) is 5.38 Å². The van der Waals surface area contributed by atoms with Crippen molar-refractivity contribution < 1.29 is 4.79 Å². The zero-order chi connectivity index (χ0) is 10.8. The zero-order valence-electron chi connectivity index (χ0n) is 8.77. The van der Waals surface area contributed by atoms with Crippen molar-refractivity contribution in [3.63, 3.8) is 0 Å². The van der Waals surface area contributed by atoms with Crippen molar-refractivity contribution in [3.8, 4) is 0 Å². The fraction of sp³-hybridized carbons (Fsp3) is 0.600. The second kappa shape index (κ2) is 4.28. The Balaban J connectivity index is 2.03. The Morgan fingerprint density at radius 1 is 1.80 bits per heavy atom. The van der Waals surface area contributed by atoms with Crippen LogP contribution in [0.1, 0.15) is 21.9 Å². The molecule has 1 saturated heterocycles. The quantitative estimate of drug-likeness (QED) is 0.812. The van der Waals surface area contributed by atoms with Gasteiger partial charge in [-0.15, -0.1) is 11.3 Å². The molecular formula is C10H15N3OS. The molecule has 1 aromatic heterocycles. The van der Waals surface area contributed by atoms with Crippen LogP contribution >= 0.6 is 11.3 Å². The number of nitrogens with two attached hydrogens (primary N) is 1. The highest BCUT2D eigenvalue weighted by Gasteiger charge is 2.26. The van der Waals surface area contributed by atoms with Crippen LogP contribution in [0.3, 0.4) is 0 Å². The number of carbonyl (C=O) groups excluding carboxylic acids is 1. The summed E-state index contributed by atoms with van der Waals surface area (Å²) in [6.45, 7) is 4.18. The van der Waals surface area contributed by atoms with Gasteiger partial charge < -0.3 is 10.6 Å². The summed E-state index contributed by atoms with van der Waals surface area (Å²) >= 11 is 1.51. The summed E-state index contributed by atoms with van der Waals surface area (Å²) in [6.07, 6.45) is 1.02. The van der Waals surface area contributed by atoms with Crippen molar-refractivity contribution >= 4 is 17.2 Å². The predicted octanol–water partition coefficient (Wildman–Crippen LogP) is 0.872. The van der Waals surface area contributed by atoms with Crippen molar-refractivity contribution in [3.05, 3.63) is 16.1 Å².